The molecule has 1 rings (SSSR count). The Bertz CT molecular complexity index is 134. The molecular weight excluding hydrogens is 150 g/mol. The number of hydrogen-bond donors (Lipinski definition) is 1. The maximum absolute atomic E-state index is 2.36. The van der Waals surface area contributed by atoms with Crippen molar-refractivity contribution in [2.24, 2.45) is 0 Å². The highest BCUT2D eigenvalue weighted by Crippen LogP contribution is 2.05. The Morgan fingerprint density at radius 3 is 2.50 bits per heavy atom. The van der Waals surface area contributed by atoms with Crippen molar-refractivity contribution in [3.63, 3.8) is 0 Å². The zero-order valence-electron chi connectivity index (χ0n) is 8.29. The van der Waals surface area contributed by atoms with Crippen molar-refractivity contribution in [3.05, 3.63) is 12.4 Å². The SMILES string of the molecule is CCCCCN1C=CN(C)C1.N. The van der Waals surface area contributed by atoms with E-state index >= 15 is 0 Å². The third-order valence-corrected chi connectivity index (χ3v) is 1.99. The van der Waals surface area contributed by atoms with E-state index in [2.05, 4.69) is 36.2 Å². The lowest BCUT2D eigenvalue weighted by atomic mass is 10.2. The molecule has 12 heavy (non-hydrogen) atoms. The molecule has 0 atom stereocenters. The van der Waals surface area contributed by atoms with Gasteiger partial charge in [-0.3, -0.25) is 0 Å². The van der Waals surface area contributed by atoms with Crippen molar-refractivity contribution in [3.8, 4) is 0 Å². The molecule has 0 aliphatic carbocycles. The van der Waals surface area contributed by atoms with E-state index in [9.17, 15) is 0 Å². The molecule has 1 aliphatic rings. The molecule has 72 valence electrons. The van der Waals surface area contributed by atoms with Crippen LogP contribution in [0.4, 0.5) is 0 Å². The number of nitrogens with zero attached hydrogens (tertiary/aromatic N) is 2. The first-order valence-corrected chi connectivity index (χ1v) is 4.45. The fourth-order valence-electron chi connectivity index (χ4n) is 1.30. The molecule has 0 saturated heterocycles. The summed E-state index contributed by atoms with van der Waals surface area (Å²) in [6.45, 7) is 4.53. The van der Waals surface area contributed by atoms with Crippen molar-refractivity contribution in [2.45, 2.75) is 26.2 Å². The molecule has 3 nitrogen and oxygen atoms in total. The van der Waals surface area contributed by atoms with Gasteiger partial charge >= 0.3 is 0 Å². The third-order valence-electron chi connectivity index (χ3n) is 1.99. The van der Waals surface area contributed by atoms with Gasteiger partial charge in [0.05, 0.1) is 6.67 Å². The van der Waals surface area contributed by atoms with E-state index in [0.717, 1.165) is 6.67 Å². The van der Waals surface area contributed by atoms with Gasteiger partial charge in [0.1, 0.15) is 0 Å². The van der Waals surface area contributed by atoms with Crippen molar-refractivity contribution in [2.75, 3.05) is 20.3 Å². The summed E-state index contributed by atoms with van der Waals surface area (Å²) >= 11 is 0. The minimum atomic E-state index is 0. The summed E-state index contributed by atoms with van der Waals surface area (Å²) in [5.41, 5.74) is 0. The van der Waals surface area contributed by atoms with Crippen LogP contribution in [0, 0.1) is 0 Å². The number of hydrogen-bond acceptors (Lipinski definition) is 3. The topological polar surface area (TPSA) is 41.5 Å². The van der Waals surface area contributed by atoms with E-state index in [4.69, 9.17) is 0 Å². The fourth-order valence-corrected chi connectivity index (χ4v) is 1.30. The second kappa shape index (κ2) is 5.89. The summed E-state index contributed by atoms with van der Waals surface area (Å²) in [6.07, 6.45) is 8.30. The van der Waals surface area contributed by atoms with Crippen molar-refractivity contribution in [1.29, 1.82) is 0 Å². The zero-order valence-corrected chi connectivity index (χ0v) is 8.29. The third kappa shape index (κ3) is 3.62. The summed E-state index contributed by atoms with van der Waals surface area (Å²) in [5, 5.41) is 0. The van der Waals surface area contributed by atoms with Crippen LogP contribution < -0.4 is 6.15 Å². The van der Waals surface area contributed by atoms with Crippen LogP contribution in [-0.2, 0) is 0 Å². The smallest absolute Gasteiger partial charge is 0.0890 e. The first-order valence-electron chi connectivity index (χ1n) is 4.45. The zero-order chi connectivity index (χ0) is 8.10. The van der Waals surface area contributed by atoms with Crippen LogP contribution >= 0.6 is 0 Å². The van der Waals surface area contributed by atoms with Crippen LogP contribution in [0.25, 0.3) is 0 Å². The molecule has 1 heterocycles. The van der Waals surface area contributed by atoms with Gasteiger partial charge in [-0.25, -0.2) is 0 Å². The van der Waals surface area contributed by atoms with E-state index < -0.39 is 0 Å². The van der Waals surface area contributed by atoms with E-state index in [1.165, 1.54) is 25.8 Å². The van der Waals surface area contributed by atoms with Crippen LogP contribution in [0.2, 0.25) is 0 Å². The Morgan fingerprint density at radius 2 is 2.00 bits per heavy atom. The number of unbranched alkanes of at least 4 members (excludes halogenated alkanes) is 2. The Hall–Kier alpha value is -0.700. The molecule has 0 aromatic rings. The Morgan fingerprint density at radius 1 is 1.25 bits per heavy atom. The van der Waals surface area contributed by atoms with Crippen LogP contribution in [0.3, 0.4) is 0 Å². The molecule has 0 radical (unpaired) electrons. The van der Waals surface area contributed by atoms with E-state index in [1.54, 1.807) is 0 Å². The van der Waals surface area contributed by atoms with Crippen LogP contribution in [0.5, 0.6) is 0 Å². The van der Waals surface area contributed by atoms with Gasteiger partial charge in [-0.2, -0.15) is 0 Å². The minimum Gasteiger partial charge on any atom is -0.362 e. The van der Waals surface area contributed by atoms with E-state index in [0.29, 0.717) is 0 Å². The molecule has 0 aromatic heterocycles. The maximum atomic E-state index is 2.36. The van der Waals surface area contributed by atoms with E-state index in [1.807, 2.05) is 0 Å². The molecule has 0 saturated carbocycles. The first kappa shape index (κ1) is 11.3. The second-order valence-corrected chi connectivity index (χ2v) is 3.22. The largest absolute Gasteiger partial charge is 0.362 e. The Kier molecular flexibility index (Phi) is 5.54. The fraction of sp³-hybridized carbons (Fsp3) is 0.778. The predicted molar refractivity (Wildman–Crippen MR) is 53.0 cm³/mol. The van der Waals surface area contributed by atoms with Gasteiger partial charge in [0, 0.05) is 26.0 Å². The first-order chi connectivity index (χ1) is 5.33. The van der Waals surface area contributed by atoms with E-state index in [-0.39, 0.29) is 6.15 Å². The van der Waals surface area contributed by atoms with Crippen molar-refractivity contribution < 1.29 is 0 Å². The van der Waals surface area contributed by atoms with Gasteiger partial charge < -0.3 is 16.0 Å². The summed E-state index contributed by atoms with van der Waals surface area (Å²) in [6, 6.07) is 0. The predicted octanol–water partition coefficient (Wildman–Crippen LogP) is 2.01. The van der Waals surface area contributed by atoms with Crippen LogP contribution in [0.1, 0.15) is 26.2 Å². The molecular formula is C9H21N3. The standard InChI is InChI=1S/C9H18N2.H3N/c1-3-4-5-6-11-8-7-10(2)9-11;/h7-8H,3-6,9H2,1-2H3;1H3. The van der Waals surface area contributed by atoms with Gasteiger partial charge in [0.2, 0.25) is 0 Å². The quantitative estimate of drug-likeness (QED) is 0.658. The monoisotopic (exact) mass is 171 g/mol. The van der Waals surface area contributed by atoms with Crippen molar-refractivity contribution in [1.82, 2.24) is 16.0 Å². The van der Waals surface area contributed by atoms with Gasteiger partial charge in [-0.05, 0) is 6.42 Å². The lowest BCUT2D eigenvalue weighted by molar-refractivity contribution is 0.291. The number of rotatable bonds is 4. The summed E-state index contributed by atoms with van der Waals surface area (Å²) in [7, 11) is 2.11. The van der Waals surface area contributed by atoms with Gasteiger partial charge in [-0.1, -0.05) is 19.8 Å². The van der Waals surface area contributed by atoms with Gasteiger partial charge in [-0.15, -0.1) is 0 Å². The molecule has 3 heteroatoms. The molecule has 0 aromatic carbocycles. The second-order valence-electron chi connectivity index (χ2n) is 3.22. The molecule has 0 spiro atoms. The van der Waals surface area contributed by atoms with Crippen LogP contribution in [0.15, 0.2) is 12.4 Å². The Balaban J connectivity index is 0.00000121. The van der Waals surface area contributed by atoms with Gasteiger partial charge in [0.15, 0.2) is 0 Å². The molecule has 0 bridgehead atoms. The highest BCUT2D eigenvalue weighted by atomic mass is 15.3. The molecule has 0 unspecified atom stereocenters. The summed E-state index contributed by atoms with van der Waals surface area (Å²) in [4.78, 5) is 4.56. The lowest BCUT2D eigenvalue weighted by Gasteiger charge is -2.17. The molecule has 3 N–H and O–H groups in total. The lowest BCUT2D eigenvalue weighted by Crippen LogP contribution is -2.23. The molecule has 0 amide bonds. The van der Waals surface area contributed by atoms with Crippen LogP contribution in [-0.4, -0.2) is 30.1 Å². The normalized spacial score (nSPS) is 15.2. The Labute approximate surface area is 75.6 Å². The average Bonchev–Trinajstić information content (AvgIpc) is 2.37. The van der Waals surface area contributed by atoms with Crippen molar-refractivity contribution >= 4 is 0 Å². The summed E-state index contributed by atoms with van der Waals surface area (Å²) in [5.74, 6) is 0. The minimum absolute atomic E-state index is 0. The highest BCUT2D eigenvalue weighted by molar-refractivity contribution is 4.88. The molecule has 1 aliphatic heterocycles. The molecule has 0 fully saturated rings. The maximum Gasteiger partial charge on any atom is 0.0890 e. The summed E-state index contributed by atoms with van der Waals surface area (Å²) < 4.78 is 0. The van der Waals surface area contributed by atoms with Gasteiger partial charge in [0.25, 0.3) is 0 Å². The average molecular weight is 171 g/mol. The highest BCUT2D eigenvalue weighted by Gasteiger charge is 2.06.